The number of carboxylic acid groups (broad SMARTS) is 1. The SMILES string of the molecule is CC(=O)c1sc(NC(C)c2ccc(Cl)cc2)nc1C(=O)O. The van der Waals surface area contributed by atoms with Crippen LogP contribution >= 0.6 is 22.9 Å². The predicted octanol–water partition coefficient (Wildman–Crippen LogP) is 3.87. The van der Waals surface area contributed by atoms with Crippen molar-refractivity contribution in [1.29, 1.82) is 0 Å². The number of carbonyl (C=O) groups excluding carboxylic acids is 1. The molecule has 1 unspecified atom stereocenters. The molecule has 21 heavy (non-hydrogen) atoms. The van der Waals surface area contributed by atoms with Crippen molar-refractivity contribution in [2.45, 2.75) is 19.9 Å². The minimum Gasteiger partial charge on any atom is -0.476 e. The van der Waals surface area contributed by atoms with Crippen LogP contribution < -0.4 is 5.32 Å². The molecule has 0 spiro atoms. The van der Waals surface area contributed by atoms with E-state index in [4.69, 9.17) is 16.7 Å². The average molecular weight is 325 g/mol. The summed E-state index contributed by atoms with van der Waals surface area (Å²) in [6.07, 6.45) is 0. The third-order valence-corrected chi connectivity index (χ3v) is 4.20. The Morgan fingerprint density at radius 3 is 2.43 bits per heavy atom. The fourth-order valence-electron chi connectivity index (χ4n) is 1.79. The smallest absolute Gasteiger partial charge is 0.356 e. The third kappa shape index (κ3) is 3.59. The van der Waals surface area contributed by atoms with Gasteiger partial charge in [0.05, 0.1) is 6.04 Å². The molecule has 0 aliphatic heterocycles. The van der Waals surface area contributed by atoms with Gasteiger partial charge in [-0.2, -0.15) is 0 Å². The minimum absolute atomic E-state index is 0.0881. The van der Waals surface area contributed by atoms with Gasteiger partial charge in [0, 0.05) is 11.9 Å². The van der Waals surface area contributed by atoms with E-state index in [-0.39, 0.29) is 22.4 Å². The molecule has 0 aliphatic carbocycles. The second kappa shape index (κ2) is 6.24. The molecule has 0 aliphatic rings. The lowest BCUT2D eigenvalue weighted by Crippen LogP contribution is -2.07. The number of ketones is 1. The van der Waals surface area contributed by atoms with E-state index in [1.807, 2.05) is 19.1 Å². The monoisotopic (exact) mass is 324 g/mol. The summed E-state index contributed by atoms with van der Waals surface area (Å²) in [5.41, 5.74) is 0.772. The fourth-order valence-corrected chi connectivity index (χ4v) is 2.85. The Morgan fingerprint density at radius 2 is 1.95 bits per heavy atom. The maximum Gasteiger partial charge on any atom is 0.356 e. The van der Waals surface area contributed by atoms with Gasteiger partial charge in [0.25, 0.3) is 0 Å². The topological polar surface area (TPSA) is 79.3 Å². The second-order valence-electron chi connectivity index (χ2n) is 4.48. The maximum absolute atomic E-state index is 11.4. The minimum atomic E-state index is -1.20. The van der Waals surface area contributed by atoms with Crippen molar-refractivity contribution in [3.63, 3.8) is 0 Å². The van der Waals surface area contributed by atoms with Crippen LogP contribution in [0, 0.1) is 0 Å². The molecule has 0 bridgehead atoms. The molecule has 0 saturated carbocycles. The second-order valence-corrected chi connectivity index (χ2v) is 5.91. The molecule has 2 rings (SSSR count). The van der Waals surface area contributed by atoms with Crippen molar-refractivity contribution in [2.24, 2.45) is 0 Å². The Balaban J connectivity index is 2.23. The number of thiazole rings is 1. The van der Waals surface area contributed by atoms with Gasteiger partial charge in [-0.05, 0) is 24.6 Å². The molecule has 2 aromatic rings. The number of halogens is 1. The van der Waals surface area contributed by atoms with E-state index in [1.165, 1.54) is 6.92 Å². The van der Waals surface area contributed by atoms with E-state index in [0.717, 1.165) is 16.9 Å². The molecule has 2 N–H and O–H groups in total. The van der Waals surface area contributed by atoms with Crippen LogP contribution in [-0.4, -0.2) is 21.8 Å². The summed E-state index contributed by atoms with van der Waals surface area (Å²) in [6.45, 7) is 3.24. The molecule has 0 fully saturated rings. The average Bonchev–Trinajstić information content (AvgIpc) is 2.83. The lowest BCUT2D eigenvalue weighted by molar-refractivity contribution is 0.0687. The molecule has 0 radical (unpaired) electrons. The molecule has 5 nitrogen and oxygen atoms in total. The van der Waals surface area contributed by atoms with Crippen molar-refractivity contribution in [2.75, 3.05) is 5.32 Å². The number of carbonyl (C=O) groups is 2. The molecule has 0 saturated heterocycles. The van der Waals surface area contributed by atoms with Gasteiger partial charge in [0.2, 0.25) is 0 Å². The Labute approximate surface area is 130 Å². The number of nitrogens with one attached hydrogen (secondary N) is 1. The van der Waals surface area contributed by atoms with Crippen molar-refractivity contribution in [1.82, 2.24) is 4.98 Å². The van der Waals surface area contributed by atoms with Gasteiger partial charge in [0.15, 0.2) is 16.6 Å². The first-order valence-corrected chi connectivity index (χ1v) is 7.35. The molecule has 1 aromatic heterocycles. The summed E-state index contributed by atoms with van der Waals surface area (Å²) >= 11 is 6.88. The molecule has 1 heterocycles. The maximum atomic E-state index is 11.4. The van der Waals surface area contributed by atoms with Crippen LogP contribution in [0.25, 0.3) is 0 Å². The van der Waals surface area contributed by atoms with Crippen LogP contribution in [-0.2, 0) is 0 Å². The van der Waals surface area contributed by atoms with Crippen molar-refractivity contribution < 1.29 is 14.7 Å². The Bertz CT molecular complexity index is 651. The van der Waals surface area contributed by atoms with Crippen molar-refractivity contribution in [3.05, 3.63) is 45.4 Å². The summed E-state index contributed by atoms with van der Waals surface area (Å²) in [6, 6.07) is 7.21. The van der Waals surface area contributed by atoms with Gasteiger partial charge in [-0.25, -0.2) is 9.78 Å². The first-order chi connectivity index (χ1) is 9.88. The van der Waals surface area contributed by atoms with Crippen LogP contribution in [0.5, 0.6) is 0 Å². The molecule has 7 heteroatoms. The Kier molecular flexibility index (Phi) is 4.59. The number of anilines is 1. The summed E-state index contributed by atoms with van der Waals surface area (Å²) < 4.78 is 0. The largest absolute Gasteiger partial charge is 0.476 e. The highest BCUT2D eigenvalue weighted by Gasteiger charge is 2.21. The molecular formula is C14H13ClN2O3S. The zero-order valence-electron chi connectivity index (χ0n) is 11.4. The number of aromatic carboxylic acids is 1. The van der Waals surface area contributed by atoms with E-state index >= 15 is 0 Å². The Hall–Kier alpha value is -1.92. The molecular weight excluding hydrogens is 312 g/mol. The number of hydrogen-bond donors (Lipinski definition) is 2. The van der Waals surface area contributed by atoms with Crippen molar-refractivity contribution >= 4 is 39.8 Å². The quantitative estimate of drug-likeness (QED) is 0.816. The first kappa shape index (κ1) is 15.5. The van der Waals surface area contributed by atoms with Gasteiger partial charge in [-0.15, -0.1) is 0 Å². The van der Waals surface area contributed by atoms with E-state index < -0.39 is 5.97 Å². The van der Waals surface area contributed by atoms with E-state index in [0.29, 0.717) is 10.2 Å². The molecule has 110 valence electrons. The molecule has 1 aromatic carbocycles. The first-order valence-electron chi connectivity index (χ1n) is 6.15. The number of carboxylic acids is 1. The van der Waals surface area contributed by atoms with Gasteiger partial charge >= 0.3 is 5.97 Å². The summed E-state index contributed by atoms with van der Waals surface area (Å²) in [4.78, 5) is 26.6. The number of hydrogen-bond acceptors (Lipinski definition) is 5. The van der Waals surface area contributed by atoms with Gasteiger partial charge in [-0.1, -0.05) is 35.1 Å². The van der Waals surface area contributed by atoms with Gasteiger partial charge in [0.1, 0.15) is 4.88 Å². The zero-order valence-corrected chi connectivity index (χ0v) is 13.0. The van der Waals surface area contributed by atoms with E-state index in [9.17, 15) is 9.59 Å². The number of nitrogens with zero attached hydrogens (tertiary/aromatic N) is 1. The van der Waals surface area contributed by atoms with Gasteiger partial charge < -0.3 is 10.4 Å². The molecule has 0 amide bonds. The van der Waals surface area contributed by atoms with E-state index in [1.54, 1.807) is 12.1 Å². The summed E-state index contributed by atoms with van der Waals surface area (Å²) in [7, 11) is 0. The number of Topliss-reactive ketones (excluding diaryl/α,β-unsaturated/α-hetero) is 1. The zero-order chi connectivity index (χ0) is 15.6. The van der Waals surface area contributed by atoms with Crippen LogP contribution in [0.1, 0.15) is 45.6 Å². The van der Waals surface area contributed by atoms with Crippen LogP contribution in [0.4, 0.5) is 5.13 Å². The molecule has 1 atom stereocenters. The summed E-state index contributed by atoms with van der Waals surface area (Å²) in [5, 5.41) is 13.2. The number of rotatable bonds is 5. The Morgan fingerprint density at radius 1 is 1.33 bits per heavy atom. The van der Waals surface area contributed by atoms with Crippen LogP contribution in [0.15, 0.2) is 24.3 Å². The van der Waals surface area contributed by atoms with Gasteiger partial charge in [-0.3, -0.25) is 4.79 Å². The normalized spacial score (nSPS) is 12.0. The highest BCUT2D eigenvalue weighted by Crippen LogP contribution is 2.27. The lowest BCUT2D eigenvalue weighted by atomic mass is 10.1. The summed E-state index contributed by atoms with van der Waals surface area (Å²) in [5.74, 6) is -1.51. The predicted molar refractivity (Wildman–Crippen MR) is 82.6 cm³/mol. The van der Waals surface area contributed by atoms with Crippen LogP contribution in [0.3, 0.4) is 0 Å². The third-order valence-electron chi connectivity index (χ3n) is 2.86. The fraction of sp³-hybridized carbons (Fsp3) is 0.214. The number of benzene rings is 1. The van der Waals surface area contributed by atoms with Crippen molar-refractivity contribution in [3.8, 4) is 0 Å². The highest BCUT2D eigenvalue weighted by molar-refractivity contribution is 7.17. The lowest BCUT2D eigenvalue weighted by Gasteiger charge is -2.13. The number of aromatic nitrogens is 1. The standard InChI is InChI=1S/C14H13ClN2O3S/c1-7(9-3-5-10(15)6-4-9)16-14-17-11(13(19)20)12(21-14)8(2)18/h3-7H,1-2H3,(H,16,17)(H,19,20). The highest BCUT2D eigenvalue weighted by atomic mass is 35.5. The van der Waals surface area contributed by atoms with E-state index in [2.05, 4.69) is 10.3 Å². The van der Waals surface area contributed by atoms with Crippen LogP contribution in [0.2, 0.25) is 5.02 Å².